The summed E-state index contributed by atoms with van der Waals surface area (Å²) >= 11 is 0. The molecule has 1 heterocycles. The maximum atomic E-state index is 12.3. The molecule has 2 N–H and O–H groups in total. The summed E-state index contributed by atoms with van der Waals surface area (Å²) in [5, 5.41) is 13.4. The summed E-state index contributed by atoms with van der Waals surface area (Å²) in [6.45, 7) is 0.672. The topological polar surface area (TPSA) is 115 Å². The molecule has 10 heteroatoms. The van der Waals surface area contributed by atoms with Gasteiger partial charge in [0.05, 0.1) is 40.1 Å². The molecule has 0 aliphatic rings. The first-order valence-corrected chi connectivity index (χ1v) is 10.1. The summed E-state index contributed by atoms with van der Waals surface area (Å²) in [6.07, 6.45) is 3.26. The number of nitrogens with one attached hydrogen (secondary N) is 2. The number of rotatable bonds is 11. The molecule has 2 rings (SSSR count). The zero-order valence-electron chi connectivity index (χ0n) is 18.5. The lowest BCUT2D eigenvalue weighted by Gasteiger charge is -2.24. The van der Waals surface area contributed by atoms with Gasteiger partial charge in [-0.3, -0.25) is 9.59 Å². The Bertz CT molecular complexity index is 875. The Morgan fingerprint density at radius 2 is 1.84 bits per heavy atom. The van der Waals surface area contributed by atoms with Gasteiger partial charge in [-0.15, -0.1) is 5.10 Å². The van der Waals surface area contributed by atoms with E-state index >= 15 is 0 Å². The van der Waals surface area contributed by atoms with E-state index in [2.05, 4.69) is 20.9 Å². The Balaban J connectivity index is 1.76. The van der Waals surface area contributed by atoms with Crippen molar-refractivity contribution in [3.8, 4) is 5.69 Å². The van der Waals surface area contributed by atoms with E-state index in [0.29, 0.717) is 30.3 Å². The van der Waals surface area contributed by atoms with Gasteiger partial charge in [0.15, 0.2) is 12.2 Å². The van der Waals surface area contributed by atoms with E-state index in [1.807, 2.05) is 51.5 Å². The van der Waals surface area contributed by atoms with Gasteiger partial charge >= 0.3 is 5.97 Å². The molecule has 1 aromatic carbocycles. The van der Waals surface area contributed by atoms with Gasteiger partial charge in [0.25, 0.3) is 11.8 Å². The van der Waals surface area contributed by atoms with Crippen molar-refractivity contribution in [3.05, 3.63) is 42.2 Å². The van der Waals surface area contributed by atoms with Crippen LogP contribution < -0.4 is 10.6 Å². The van der Waals surface area contributed by atoms with Crippen molar-refractivity contribution >= 4 is 17.8 Å². The van der Waals surface area contributed by atoms with Crippen LogP contribution in [0, 0.1) is 0 Å². The molecule has 2 aromatic rings. The van der Waals surface area contributed by atoms with E-state index < -0.39 is 12.0 Å². The molecule has 0 bridgehead atoms. The van der Waals surface area contributed by atoms with Gasteiger partial charge in [-0.05, 0) is 31.4 Å². The predicted octanol–water partition coefficient (Wildman–Crippen LogP) is 0.531. The highest BCUT2D eigenvalue weighted by Crippen LogP contribution is 2.06. The van der Waals surface area contributed by atoms with Crippen molar-refractivity contribution in [3.63, 3.8) is 0 Å². The minimum Gasteiger partial charge on any atom is -0.467 e. The maximum absolute atomic E-state index is 12.3. The van der Waals surface area contributed by atoms with Crippen LogP contribution in [0.3, 0.4) is 0 Å². The molecule has 0 unspecified atom stereocenters. The average Bonchev–Trinajstić information content (AvgIpc) is 3.21. The Kier molecular flexibility index (Phi) is 8.68. The number of unbranched alkanes of at least 4 members (excludes halogenated alkanes) is 1. The third-order valence-corrected chi connectivity index (χ3v) is 4.39. The second kappa shape index (κ2) is 11.2. The van der Waals surface area contributed by atoms with E-state index in [-0.39, 0.29) is 24.1 Å². The van der Waals surface area contributed by atoms with Crippen LogP contribution in [0.1, 0.15) is 29.8 Å². The number of carbonyl (C=O) groups excluding carboxylic acids is 3. The number of amides is 2. The third-order valence-electron chi connectivity index (χ3n) is 4.39. The zero-order chi connectivity index (χ0) is 22.9. The second-order valence-electron chi connectivity index (χ2n) is 8.23. The number of likely N-dealkylation sites (N-methyl/N-ethyl adjacent to an activating group) is 1. The number of quaternary nitrogens is 1. The number of benzene rings is 1. The van der Waals surface area contributed by atoms with Gasteiger partial charge in [-0.2, -0.15) is 0 Å². The number of hydrogen-bond acceptors (Lipinski definition) is 6. The number of carbonyl (C=O) groups is 3. The van der Waals surface area contributed by atoms with Gasteiger partial charge < -0.3 is 19.9 Å². The summed E-state index contributed by atoms with van der Waals surface area (Å²) in [4.78, 5) is 36.3. The monoisotopic (exact) mass is 431 g/mol. The molecule has 0 radical (unpaired) electrons. The van der Waals surface area contributed by atoms with E-state index in [1.165, 1.54) is 11.8 Å². The zero-order valence-corrected chi connectivity index (χ0v) is 18.5. The minimum atomic E-state index is -0.703. The molecule has 0 fully saturated rings. The summed E-state index contributed by atoms with van der Waals surface area (Å²) < 4.78 is 6.78. The first-order chi connectivity index (χ1) is 14.7. The standard InChI is InChI=1S/C21H30N6O4/c1-27(2,3)15-19(28)23-17(21(30)31-4)12-8-9-13-22-20(29)18-14-26(25-24-18)16-10-6-5-7-11-16/h5-7,10-11,14,17H,8-9,12-13,15H2,1-4H3,(H-,22,23,28,29)/p+1/t17-/m0/s1. The lowest BCUT2D eigenvalue weighted by molar-refractivity contribution is -0.862. The number of esters is 1. The quantitative estimate of drug-likeness (QED) is 0.305. The first-order valence-electron chi connectivity index (χ1n) is 10.1. The van der Waals surface area contributed by atoms with E-state index in [9.17, 15) is 14.4 Å². The number of para-hydroxylation sites is 1. The fraction of sp³-hybridized carbons (Fsp3) is 0.476. The van der Waals surface area contributed by atoms with Crippen LogP contribution in [-0.2, 0) is 14.3 Å². The van der Waals surface area contributed by atoms with Crippen LogP contribution in [0.2, 0.25) is 0 Å². The van der Waals surface area contributed by atoms with Crippen molar-refractivity contribution in [2.24, 2.45) is 0 Å². The Labute approximate surface area is 182 Å². The number of methoxy groups -OCH3 is 1. The highest BCUT2D eigenvalue weighted by Gasteiger charge is 2.24. The number of nitrogens with zero attached hydrogens (tertiary/aromatic N) is 4. The molecule has 0 aliphatic heterocycles. The van der Waals surface area contributed by atoms with Crippen molar-refractivity contribution in [1.29, 1.82) is 0 Å². The molecule has 0 spiro atoms. The average molecular weight is 432 g/mol. The Morgan fingerprint density at radius 3 is 2.48 bits per heavy atom. The van der Waals surface area contributed by atoms with Crippen LogP contribution in [0.4, 0.5) is 0 Å². The molecule has 0 saturated heterocycles. The molecular weight excluding hydrogens is 400 g/mol. The molecule has 0 saturated carbocycles. The van der Waals surface area contributed by atoms with Crippen LogP contribution in [0.5, 0.6) is 0 Å². The highest BCUT2D eigenvalue weighted by molar-refractivity contribution is 5.91. The van der Waals surface area contributed by atoms with Gasteiger partial charge in [0, 0.05) is 6.54 Å². The SMILES string of the molecule is COC(=O)[C@H](CCCCNC(=O)c1cn(-c2ccccc2)nn1)NC(=O)C[N+](C)(C)C. The molecule has 10 nitrogen and oxygen atoms in total. The molecule has 2 amide bonds. The van der Waals surface area contributed by atoms with Gasteiger partial charge in [-0.25, -0.2) is 9.48 Å². The maximum Gasteiger partial charge on any atom is 0.328 e. The largest absolute Gasteiger partial charge is 0.467 e. The fourth-order valence-electron chi connectivity index (χ4n) is 2.90. The molecule has 1 atom stereocenters. The second-order valence-corrected chi connectivity index (χ2v) is 8.23. The summed E-state index contributed by atoms with van der Waals surface area (Å²) in [5.74, 6) is -1.00. The van der Waals surface area contributed by atoms with Crippen molar-refractivity contribution in [2.45, 2.75) is 25.3 Å². The molecular formula is C21H31N6O4+. The summed E-state index contributed by atoms with van der Waals surface area (Å²) in [7, 11) is 6.99. The van der Waals surface area contributed by atoms with Gasteiger partial charge in [-0.1, -0.05) is 23.4 Å². The van der Waals surface area contributed by atoms with Crippen molar-refractivity contribution < 1.29 is 23.6 Å². The lowest BCUT2D eigenvalue weighted by atomic mass is 10.1. The molecule has 1 aromatic heterocycles. The lowest BCUT2D eigenvalue weighted by Crippen LogP contribution is -2.49. The Hall–Kier alpha value is -3.27. The smallest absolute Gasteiger partial charge is 0.328 e. The fourth-order valence-corrected chi connectivity index (χ4v) is 2.90. The van der Waals surface area contributed by atoms with E-state index in [0.717, 1.165) is 5.69 Å². The van der Waals surface area contributed by atoms with Gasteiger partial charge in [0.1, 0.15) is 6.04 Å². The normalized spacial score (nSPS) is 12.1. The van der Waals surface area contributed by atoms with Crippen molar-refractivity contribution in [2.75, 3.05) is 41.3 Å². The third kappa shape index (κ3) is 8.17. The van der Waals surface area contributed by atoms with Crippen molar-refractivity contribution in [1.82, 2.24) is 25.6 Å². The number of ether oxygens (including phenoxy) is 1. The number of aromatic nitrogens is 3. The molecule has 31 heavy (non-hydrogen) atoms. The molecule has 0 aliphatic carbocycles. The first kappa shape index (κ1) is 24.0. The van der Waals surface area contributed by atoms with E-state index in [4.69, 9.17) is 4.74 Å². The van der Waals surface area contributed by atoms with E-state index in [1.54, 1.807) is 6.20 Å². The summed E-state index contributed by atoms with van der Waals surface area (Å²) in [5.41, 5.74) is 1.04. The van der Waals surface area contributed by atoms with Crippen LogP contribution in [-0.4, -0.2) is 84.6 Å². The number of hydrogen-bond donors (Lipinski definition) is 2. The Morgan fingerprint density at radius 1 is 1.13 bits per heavy atom. The minimum absolute atomic E-state index is 0.210. The van der Waals surface area contributed by atoms with Crippen LogP contribution in [0.15, 0.2) is 36.5 Å². The molecule has 168 valence electrons. The van der Waals surface area contributed by atoms with Crippen LogP contribution >= 0.6 is 0 Å². The predicted molar refractivity (Wildman–Crippen MR) is 114 cm³/mol. The summed E-state index contributed by atoms with van der Waals surface area (Å²) in [6, 6.07) is 8.69. The highest BCUT2D eigenvalue weighted by atomic mass is 16.5. The van der Waals surface area contributed by atoms with Gasteiger partial charge in [0.2, 0.25) is 0 Å². The van der Waals surface area contributed by atoms with Crippen LogP contribution in [0.25, 0.3) is 5.69 Å².